The average molecular weight is 386 g/mol. The highest BCUT2D eigenvalue weighted by Gasteiger charge is 2.23. The van der Waals surface area contributed by atoms with Gasteiger partial charge in [-0.05, 0) is 52.3 Å². The summed E-state index contributed by atoms with van der Waals surface area (Å²) >= 11 is 0. The summed E-state index contributed by atoms with van der Waals surface area (Å²) in [5.74, 6) is 1.54. The lowest BCUT2D eigenvalue weighted by molar-refractivity contribution is 0.0689. The molecule has 152 valence electrons. The quantitative estimate of drug-likeness (QED) is 0.582. The van der Waals surface area contributed by atoms with Crippen molar-refractivity contribution < 1.29 is 19.0 Å². The summed E-state index contributed by atoms with van der Waals surface area (Å²) in [5, 5.41) is 0. The summed E-state index contributed by atoms with van der Waals surface area (Å²) < 4.78 is 17.2. The highest BCUT2D eigenvalue weighted by molar-refractivity contribution is 5.95. The first kappa shape index (κ1) is 21.6. The molecule has 0 fully saturated rings. The zero-order valence-corrected chi connectivity index (χ0v) is 17.5. The maximum Gasteiger partial charge on any atom is 0.254 e. The second-order valence-electron chi connectivity index (χ2n) is 6.61. The van der Waals surface area contributed by atoms with E-state index in [1.165, 1.54) is 0 Å². The van der Waals surface area contributed by atoms with Crippen LogP contribution in [-0.4, -0.2) is 36.7 Å². The van der Waals surface area contributed by atoms with Gasteiger partial charge in [0.25, 0.3) is 5.91 Å². The molecule has 0 aromatic heterocycles. The Balaban J connectivity index is 2.43. The van der Waals surface area contributed by atoms with E-state index in [0.29, 0.717) is 49.2 Å². The van der Waals surface area contributed by atoms with Crippen LogP contribution < -0.4 is 14.2 Å². The van der Waals surface area contributed by atoms with Gasteiger partial charge in [0.05, 0.1) is 19.8 Å². The Morgan fingerprint density at radius 2 is 1.43 bits per heavy atom. The fourth-order valence-electron chi connectivity index (χ4n) is 2.95. The molecule has 5 heteroatoms. The van der Waals surface area contributed by atoms with Gasteiger partial charge in [-0.15, -0.1) is 0 Å². The first-order valence-corrected chi connectivity index (χ1v) is 9.93. The topological polar surface area (TPSA) is 48.0 Å². The fraction of sp³-hybridized carbons (Fsp3) is 0.435. The molecule has 0 aliphatic rings. The van der Waals surface area contributed by atoms with Gasteiger partial charge in [-0.3, -0.25) is 4.79 Å². The van der Waals surface area contributed by atoms with Gasteiger partial charge >= 0.3 is 0 Å². The monoisotopic (exact) mass is 385 g/mol. The van der Waals surface area contributed by atoms with E-state index in [1.54, 1.807) is 12.1 Å². The van der Waals surface area contributed by atoms with Gasteiger partial charge in [-0.1, -0.05) is 30.3 Å². The van der Waals surface area contributed by atoms with Gasteiger partial charge in [0.15, 0.2) is 11.5 Å². The third-order valence-electron chi connectivity index (χ3n) is 4.24. The zero-order chi connectivity index (χ0) is 20.5. The van der Waals surface area contributed by atoms with Crippen molar-refractivity contribution in [2.24, 2.45) is 0 Å². The average Bonchev–Trinajstić information content (AvgIpc) is 2.69. The van der Waals surface area contributed by atoms with Crippen LogP contribution in [0.5, 0.6) is 17.2 Å². The SMILES string of the molecule is CCOc1cc(C(=O)N(Cc2ccccc2)C(C)C)cc(OCC)c1OCC. The van der Waals surface area contributed by atoms with E-state index in [-0.39, 0.29) is 11.9 Å². The maximum absolute atomic E-state index is 13.3. The van der Waals surface area contributed by atoms with Crippen molar-refractivity contribution in [2.45, 2.75) is 47.2 Å². The van der Waals surface area contributed by atoms with Gasteiger partial charge in [0.1, 0.15) is 0 Å². The summed E-state index contributed by atoms with van der Waals surface area (Å²) in [7, 11) is 0. The van der Waals surface area contributed by atoms with Crippen LogP contribution in [-0.2, 0) is 6.54 Å². The third-order valence-corrected chi connectivity index (χ3v) is 4.24. The van der Waals surface area contributed by atoms with Crippen LogP contribution in [0.2, 0.25) is 0 Å². The highest BCUT2D eigenvalue weighted by Crippen LogP contribution is 2.39. The van der Waals surface area contributed by atoms with Gasteiger partial charge in [-0.2, -0.15) is 0 Å². The van der Waals surface area contributed by atoms with Crippen molar-refractivity contribution in [1.29, 1.82) is 0 Å². The molecule has 0 radical (unpaired) electrons. The summed E-state index contributed by atoms with van der Waals surface area (Å²) in [6.45, 7) is 11.7. The number of amides is 1. The molecule has 0 aliphatic carbocycles. The van der Waals surface area contributed by atoms with Crippen molar-refractivity contribution in [2.75, 3.05) is 19.8 Å². The number of carbonyl (C=O) groups excluding carboxylic acids is 1. The molecule has 0 spiro atoms. The molecular formula is C23H31NO4. The first-order valence-electron chi connectivity index (χ1n) is 9.93. The molecule has 0 atom stereocenters. The van der Waals surface area contributed by atoms with Crippen LogP contribution in [0.4, 0.5) is 0 Å². The number of hydrogen-bond donors (Lipinski definition) is 0. The molecule has 28 heavy (non-hydrogen) atoms. The molecule has 0 N–H and O–H groups in total. The summed E-state index contributed by atoms with van der Waals surface area (Å²) in [6, 6.07) is 13.5. The number of carbonyl (C=O) groups is 1. The molecule has 0 bridgehead atoms. The lowest BCUT2D eigenvalue weighted by Crippen LogP contribution is -2.36. The molecule has 2 rings (SSSR count). The minimum absolute atomic E-state index is 0.0466. The molecular weight excluding hydrogens is 354 g/mol. The number of benzene rings is 2. The highest BCUT2D eigenvalue weighted by atomic mass is 16.5. The van der Waals surface area contributed by atoms with Crippen molar-refractivity contribution >= 4 is 5.91 Å². The van der Waals surface area contributed by atoms with E-state index in [0.717, 1.165) is 5.56 Å². The Bertz CT molecular complexity index is 731. The van der Waals surface area contributed by atoms with Gasteiger partial charge < -0.3 is 19.1 Å². The van der Waals surface area contributed by atoms with Gasteiger partial charge in [0.2, 0.25) is 5.75 Å². The molecule has 2 aromatic rings. The Kier molecular flexibility index (Phi) is 8.18. The minimum Gasteiger partial charge on any atom is -0.490 e. The van der Waals surface area contributed by atoms with E-state index >= 15 is 0 Å². The number of hydrogen-bond acceptors (Lipinski definition) is 4. The predicted octanol–water partition coefficient (Wildman–Crippen LogP) is 4.93. The van der Waals surface area contributed by atoms with E-state index < -0.39 is 0 Å². The smallest absolute Gasteiger partial charge is 0.254 e. The molecule has 0 unspecified atom stereocenters. The zero-order valence-electron chi connectivity index (χ0n) is 17.5. The van der Waals surface area contributed by atoms with E-state index in [9.17, 15) is 4.79 Å². The fourth-order valence-corrected chi connectivity index (χ4v) is 2.95. The normalized spacial score (nSPS) is 10.6. The van der Waals surface area contributed by atoms with Crippen LogP contribution in [0.3, 0.4) is 0 Å². The largest absolute Gasteiger partial charge is 0.490 e. The Hall–Kier alpha value is -2.69. The number of rotatable bonds is 10. The molecule has 0 saturated heterocycles. The lowest BCUT2D eigenvalue weighted by atomic mass is 10.1. The number of nitrogens with zero attached hydrogens (tertiary/aromatic N) is 1. The predicted molar refractivity (Wildman–Crippen MR) is 111 cm³/mol. The van der Waals surface area contributed by atoms with Gasteiger partial charge in [0, 0.05) is 18.2 Å². The minimum atomic E-state index is -0.0659. The molecule has 0 saturated carbocycles. The van der Waals surface area contributed by atoms with Crippen molar-refractivity contribution in [3.8, 4) is 17.2 Å². The van der Waals surface area contributed by atoms with Crippen molar-refractivity contribution in [1.82, 2.24) is 4.90 Å². The molecule has 5 nitrogen and oxygen atoms in total. The van der Waals surface area contributed by atoms with E-state index in [1.807, 2.05) is 69.9 Å². The van der Waals surface area contributed by atoms with Crippen LogP contribution in [0.25, 0.3) is 0 Å². The summed E-state index contributed by atoms with van der Waals surface area (Å²) in [6.07, 6.45) is 0. The molecule has 1 amide bonds. The lowest BCUT2D eigenvalue weighted by Gasteiger charge is -2.28. The first-order chi connectivity index (χ1) is 13.5. The third kappa shape index (κ3) is 5.41. The molecule has 0 aliphatic heterocycles. The van der Waals surface area contributed by atoms with Crippen LogP contribution >= 0.6 is 0 Å². The van der Waals surface area contributed by atoms with Crippen LogP contribution in [0.1, 0.15) is 50.5 Å². The van der Waals surface area contributed by atoms with Crippen LogP contribution in [0.15, 0.2) is 42.5 Å². The van der Waals surface area contributed by atoms with Crippen molar-refractivity contribution in [3.05, 3.63) is 53.6 Å². The standard InChI is InChI=1S/C23H31NO4/c1-6-26-20-14-19(15-21(27-7-2)22(20)28-8-3)23(25)24(17(4)5)16-18-12-10-9-11-13-18/h9-15,17H,6-8,16H2,1-5H3. The summed E-state index contributed by atoms with van der Waals surface area (Å²) in [4.78, 5) is 15.2. The Morgan fingerprint density at radius 3 is 1.89 bits per heavy atom. The summed E-state index contributed by atoms with van der Waals surface area (Å²) in [5.41, 5.74) is 1.62. The van der Waals surface area contributed by atoms with Gasteiger partial charge in [-0.25, -0.2) is 0 Å². The maximum atomic E-state index is 13.3. The Labute approximate surface area is 168 Å². The second-order valence-corrected chi connectivity index (χ2v) is 6.61. The molecule has 2 aromatic carbocycles. The van der Waals surface area contributed by atoms with Crippen molar-refractivity contribution in [3.63, 3.8) is 0 Å². The second kappa shape index (κ2) is 10.6. The Morgan fingerprint density at radius 1 is 0.893 bits per heavy atom. The van der Waals surface area contributed by atoms with E-state index in [4.69, 9.17) is 14.2 Å². The number of ether oxygens (including phenoxy) is 3. The van der Waals surface area contributed by atoms with Crippen LogP contribution in [0, 0.1) is 0 Å². The van der Waals surface area contributed by atoms with E-state index in [2.05, 4.69) is 0 Å². The molecule has 0 heterocycles.